The fourth-order valence-corrected chi connectivity index (χ4v) is 5.75. The molecular weight excluding hydrogens is 596 g/mol. The zero-order valence-electron chi connectivity index (χ0n) is 24.1. The quantitative estimate of drug-likeness (QED) is 0.103. The molecule has 17 heteroatoms. The van der Waals surface area contributed by atoms with Gasteiger partial charge in [-0.1, -0.05) is 14.4 Å². The Kier molecular flexibility index (Phi) is 14.5. The van der Waals surface area contributed by atoms with Gasteiger partial charge in [-0.2, -0.15) is 0 Å². The summed E-state index contributed by atoms with van der Waals surface area (Å²) in [5.41, 5.74) is 0. The van der Waals surface area contributed by atoms with Crippen molar-refractivity contribution in [2.45, 2.75) is 132 Å². The first-order chi connectivity index (χ1) is 20.5. The van der Waals surface area contributed by atoms with Gasteiger partial charge in [-0.05, 0) is 12.3 Å². The standard InChI is InChI=1S/C26H46O17.CH4/c1-10-3-11(6-27)38-25(18(10)32)40-15-4-12(9-37-23-14(31)5-13(30)16(7-28)41-23)39-26(20(15)34)43-22-19(33)17(8-29)42-24(36-2)21(22)35;/h10-35H,3-9H2,1-2H3;1H4. The van der Waals surface area contributed by atoms with E-state index in [2.05, 4.69) is 0 Å². The van der Waals surface area contributed by atoms with Crippen LogP contribution in [0.15, 0.2) is 0 Å². The van der Waals surface area contributed by atoms with Crippen molar-refractivity contribution in [2.75, 3.05) is 33.5 Å². The van der Waals surface area contributed by atoms with Gasteiger partial charge in [0.15, 0.2) is 25.2 Å². The fraction of sp³-hybridized carbons (Fsp3) is 1.00. The summed E-state index contributed by atoms with van der Waals surface area (Å²) in [6.45, 7) is 0.0624. The van der Waals surface area contributed by atoms with Crippen LogP contribution < -0.4 is 0 Å². The molecule has 4 aliphatic rings. The summed E-state index contributed by atoms with van der Waals surface area (Å²) in [5, 5.41) is 92.5. The van der Waals surface area contributed by atoms with E-state index in [4.69, 9.17) is 37.9 Å². The number of ether oxygens (including phenoxy) is 8. The number of rotatable bonds is 11. The molecule has 0 radical (unpaired) electrons. The fourth-order valence-electron chi connectivity index (χ4n) is 5.75. The van der Waals surface area contributed by atoms with Crippen molar-refractivity contribution in [3.63, 3.8) is 0 Å². The molecule has 44 heavy (non-hydrogen) atoms. The molecule has 4 heterocycles. The van der Waals surface area contributed by atoms with Gasteiger partial charge in [0, 0.05) is 20.0 Å². The Morgan fingerprint density at radius 2 is 1.25 bits per heavy atom. The number of hydrogen-bond acceptors (Lipinski definition) is 17. The Morgan fingerprint density at radius 1 is 0.614 bits per heavy atom. The van der Waals surface area contributed by atoms with E-state index >= 15 is 0 Å². The summed E-state index contributed by atoms with van der Waals surface area (Å²) in [4.78, 5) is 0. The Bertz CT molecular complexity index is 824. The van der Waals surface area contributed by atoms with Crippen molar-refractivity contribution in [3.8, 4) is 0 Å². The second-order valence-electron chi connectivity index (χ2n) is 11.5. The van der Waals surface area contributed by atoms with Gasteiger partial charge in [-0.3, -0.25) is 0 Å². The zero-order valence-corrected chi connectivity index (χ0v) is 24.1. The monoisotopic (exact) mass is 646 g/mol. The van der Waals surface area contributed by atoms with E-state index in [0.717, 1.165) is 0 Å². The molecule has 4 rings (SSSR count). The summed E-state index contributed by atoms with van der Waals surface area (Å²) in [6.07, 6.45) is -19.4. The maximum Gasteiger partial charge on any atom is 0.187 e. The van der Waals surface area contributed by atoms with Crippen molar-refractivity contribution in [1.82, 2.24) is 0 Å². The molecule has 0 aromatic heterocycles. The largest absolute Gasteiger partial charge is 0.394 e. The van der Waals surface area contributed by atoms with Gasteiger partial charge in [0.1, 0.15) is 48.8 Å². The Labute approximate surface area is 255 Å². The molecule has 0 bridgehead atoms. The van der Waals surface area contributed by atoms with Crippen LogP contribution in [0.3, 0.4) is 0 Å². The molecule has 17 unspecified atom stereocenters. The van der Waals surface area contributed by atoms with Crippen LogP contribution >= 0.6 is 0 Å². The molecule has 9 N–H and O–H groups in total. The van der Waals surface area contributed by atoms with E-state index in [1.807, 2.05) is 0 Å². The van der Waals surface area contributed by atoms with Crippen LogP contribution in [0.4, 0.5) is 0 Å². The Hall–Kier alpha value is -0.680. The van der Waals surface area contributed by atoms with Crippen molar-refractivity contribution < 1.29 is 83.9 Å². The molecule has 4 saturated heterocycles. The minimum atomic E-state index is -1.56. The Morgan fingerprint density at radius 3 is 1.89 bits per heavy atom. The average molecular weight is 647 g/mol. The second kappa shape index (κ2) is 16.9. The van der Waals surface area contributed by atoms with Crippen LogP contribution in [-0.4, -0.2) is 178 Å². The lowest BCUT2D eigenvalue weighted by Gasteiger charge is -2.46. The molecule has 0 saturated carbocycles. The van der Waals surface area contributed by atoms with E-state index in [-0.39, 0.29) is 39.4 Å². The van der Waals surface area contributed by atoms with Gasteiger partial charge in [0.25, 0.3) is 0 Å². The molecule has 260 valence electrons. The van der Waals surface area contributed by atoms with Crippen molar-refractivity contribution >= 4 is 0 Å². The summed E-state index contributed by atoms with van der Waals surface area (Å²) in [5.74, 6) is -0.298. The number of hydrogen-bond donors (Lipinski definition) is 9. The SMILES string of the molecule is C.COC1OC(CO)C(O)C(OC2OC(COC3OC(CO)C(O)CC3O)CC(OC3OC(CO)CC(C)C3O)C2O)C1O. The predicted molar refractivity (Wildman–Crippen MR) is 144 cm³/mol. The Balaban J connectivity index is 0.00000529. The van der Waals surface area contributed by atoms with Gasteiger partial charge in [0.2, 0.25) is 0 Å². The lowest BCUT2D eigenvalue weighted by molar-refractivity contribution is -0.364. The van der Waals surface area contributed by atoms with E-state index in [0.29, 0.717) is 6.42 Å². The van der Waals surface area contributed by atoms with Crippen LogP contribution in [0.2, 0.25) is 0 Å². The number of methoxy groups -OCH3 is 1. The molecule has 0 spiro atoms. The minimum Gasteiger partial charge on any atom is -0.394 e. The molecule has 0 aliphatic carbocycles. The molecular formula is C27H50O17. The second-order valence-corrected chi connectivity index (χ2v) is 11.5. The van der Waals surface area contributed by atoms with E-state index in [1.165, 1.54) is 7.11 Å². The lowest BCUT2D eigenvalue weighted by Crippen LogP contribution is -2.63. The first kappa shape index (κ1) is 37.8. The van der Waals surface area contributed by atoms with Crippen LogP contribution in [0.5, 0.6) is 0 Å². The highest BCUT2D eigenvalue weighted by atomic mass is 16.8. The topological polar surface area (TPSA) is 256 Å². The average Bonchev–Trinajstić information content (AvgIpc) is 2.99. The van der Waals surface area contributed by atoms with E-state index in [9.17, 15) is 46.0 Å². The van der Waals surface area contributed by atoms with E-state index < -0.39 is 112 Å². The van der Waals surface area contributed by atoms with Crippen molar-refractivity contribution in [1.29, 1.82) is 0 Å². The molecule has 4 fully saturated rings. The summed E-state index contributed by atoms with van der Waals surface area (Å²) in [6, 6.07) is 0. The normalized spacial score (nSPS) is 48.5. The molecule has 0 aromatic carbocycles. The lowest BCUT2D eigenvalue weighted by atomic mass is 9.93. The van der Waals surface area contributed by atoms with Gasteiger partial charge < -0.3 is 83.9 Å². The van der Waals surface area contributed by atoms with Gasteiger partial charge >= 0.3 is 0 Å². The van der Waals surface area contributed by atoms with Gasteiger partial charge in [0.05, 0.1) is 50.8 Å². The van der Waals surface area contributed by atoms with Crippen LogP contribution in [0, 0.1) is 5.92 Å². The van der Waals surface area contributed by atoms with Gasteiger partial charge in [-0.15, -0.1) is 0 Å². The van der Waals surface area contributed by atoms with Crippen LogP contribution in [0.25, 0.3) is 0 Å². The van der Waals surface area contributed by atoms with Crippen LogP contribution in [-0.2, 0) is 37.9 Å². The zero-order chi connectivity index (χ0) is 31.4. The van der Waals surface area contributed by atoms with Crippen LogP contribution in [0.1, 0.15) is 33.6 Å². The molecule has 17 nitrogen and oxygen atoms in total. The van der Waals surface area contributed by atoms with Crippen molar-refractivity contribution in [3.05, 3.63) is 0 Å². The predicted octanol–water partition coefficient (Wildman–Crippen LogP) is -4.10. The highest BCUT2D eigenvalue weighted by Crippen LogP contribution is 2.34. The third-order valence-electron chi connectivity index (χ3n) is 8.32. The number of aliphatic hydroxyl groups excluding tert-OH is 9. The summed E-state index contributed by atoms with van der Waals surface area (Å²) >= 11 is 0. The first-order valence-corrected chi connectivity index (χ1v) is 14.5. The smallest absolute Gasteiger partial charge is 0.187 e. The molecule has 0 aromatic rings. The minimum absolute atomic E-state index is 0. The maximum absolute atomic E-state index is 11.3. The summed E-state index contributed by atoms with van der Waals surface area (Å²) < 4.78 is 45.1. The maximum atomic E-state index is 11.3. The summed E-state index contributed by atoms with van der Waals surface area (Å²) in [7, 11) is 1.25. The third kappa shape index (κ3) is 8.61. The third-order valence-corrected chi connectivity index (χ3v) is 8.32. The first-order valence-electron chi connectivity index (χ1n) is 14.5. The van der Waals surface area contributed by atoms with E-state index in [1.54, 1.807) is 6.92 Å². The number of aliphatic hydroxyl groups is 9. The van der Waals surface area contributed by atoms with Gasteiger partial charge in [-0.25, -0.2) is 0 Å². The molecule has 0 amide bonds. The molecule has 17 atom stereocenters. The van der Waals surface area contributed by atoms with Crippen molar-refractivity contribution in [2.24, 2.45) is 5.92 Å². The highest BCUT2D eigenvalue weighted by Gasteiger charge is 2.50. The highest BCUT2D eigenvalue weighted by molar-refractivity contribution is 4.93. The molecule has 4 aliphatic heterocycles.